The molecule has 148 valence electrons. The number of rotatable bonds is 7. The normalized spacial score (nSPS) is 31.3. The summed E-state index contributed by atoms with van der Waals surface area (Å²) in [6.45, 7) is -2.50. The first-order chi connectivity index (χ1) is 12.9. The van der Waals surface area contributed by atoms with E-state index in [2.05, 4.69) is 15.6 Å². The smallest absolute Gasteiger partial charge is 0.319 e. The van der Waals surface area contributed by atoms with Gasteiger partial charge in [0.25, 0.3) is 0 Å². The van der Waals surface area contributed by atoms with Gasteiger partial charge in [0.05, 0.1) is 6.54 Å². The van der Waals surface area contributed by atoms with Crippen LogP contribution in [0.2, 0.25) is 0 Å². The van der Waals surface area contributed by atoms with Crippen LogP contribution in [0.4, 0.5) is 8.78 Å². The van der Waals surface area contributed by atoms with Crippen molar-refractivity contribution in [3.63, 3.8) is 0 Å². The van der Waals surface area contributed by atoms with Crippen LogP contribution in [-0.2, 0) is 16.0 Å². The van der Waals surface area contributed by atoms with Gasteiger partial charge in [-0.15, -0.1) is 0 Å². The minimum absolute atomic E-state index is 0.0185. The molecule has 4 bridgehead atoms. The molecule has 1 aromatic rings. The first-order valence-corrected chi connectivity index (χ1v) is 9.80. The van der Waals surface area contributed by atoms with E-state index in [1.807, 2.05) is 0 Å². The van der Waals surface area contributed by atoms with E-state index in [-0.39, 0.29) is 42.6 Å². The molecule has 0 saturated heterocycles. The van der Waals surface area contributed by atoms with Gasteiger partial charge in [0.2, 0.25) is 11.8 Å². The molecule has 5 rings (SSSR count). The molecule has 1 heterocycles. The van der Waals surface area contributed by atoms with Crippen molar-refractivity contribution in [1.82, 2.24) is 20.2 Å². The summed E-state index contributed by atoms with van der Waals surface area (Å²) in [6.07, 6.45) is 9.42. The molecule has 0 unspecified atom stereocenters. The molecular weight excluding hydrogens is 354 g/mol. The Kier molecular flexibility index (Phi) is 4.90. The number of nitrogens with one attached hydrogen (secondary N) is 2. The Morgan fingerprint density at radius 1 is 1.15 bits per heavy atom. The highest BCUT2D eigenvalue weighted by Gasteiger charge is 2.54. The first-order valence-electron chi connectivity index (χ1n) is 9.80. The zero-order chi connectivity index (χ0) is 19.0. The average molecular weight is 380 g/mol. The number of hydrogen-bond acceptors (Lipinski definition) is 3. The molecule has 0 aliphatic heterocycles. The van der Waals surface area contributed by atoms with Gasteiger partial charge in [-0.05, 0) is 56.3 Å². The highest BCUT2D eigenvalue weighted by atomic mass is 19.3. The van der Waals surface area contributed by atoms with E-state index in [0.717, 1.165) is 23.8 Å². The van der Waals surface area contributed by atoms with Gasteiger partial charge in [-0.2, -0.15) is 8.78 Å². The van der Waals surface area contributed by atoms with Gasteiger partial charge in [-0.25, -0.2) is 4.98 Å². The molecule has 4 aliphatic rings. The van der Waals surface area contributed by atoms with E-state index >= 15 is 0 Å². The molecule has 8 heteroatoms. The maximum Gasteiger partial charge on any atom is 0.319 e. The van der Waals surface area contributed by atoms with Gasteiger partial charge in [-0.1, -0.05) is 0 Å². The van der Waals surface area contributed by atoms with E-state index in [0.29, 0.717) is 17.8 Å². The molecule has 27 heavy (non-hydrogen) atoms. The Morgan fingerprint density at radius 3 is 2.37 bits per heavy atom. The van der Waals surface area contributed by atoms with Crippen molar-refractivity contribution in [1.29, 1.82) is 0 Å². The highest BCUT2D eigenvalue weighted by Crippen LogP contribution is 2.60. The SMILES string of the molecule is O=C(CNC(=O)C12CC3CC(CC(C3)C1)C2)NCCc1nccn1C(F)F. The third-order valence-corrected chi connectivity index (χ3v) is 6.56. The molecule has 0 radical (unpaired) electrons. The summed E-state index contributed by atoms with van der Waals surface area (Å²) in [5, 5.41) is 5.49. The minimum Gasteiger partial charge on any atom is -0.354 e. The quantitative estimate of drug-likeness (QED) is 0.762. The highest BCUT2D eigenvalue weighted by molar-refractivity contribution is 5.88. The van der Waals surface area contributed by atoms with Crippen LogP contribution in [0, 0.1) is 23.2 Å². The van der Waals surface area contributed by atoms with Crippen molar-refractivity contribution in [3.8, 4) is 0 Å². The lowest BCUT2D eigenvalue weighted by molar-refractivity contribution is -0.147. The molecule has 0 spiro atoms. The molecule has 0 atom stereocenters. The molecule has 6 nitrogen and oxygen atoms in total. The summed E-state index contributed by atoms with van der Waals surface area (Å²) in [6, 6.07) is 0. The Bertz CT molecular complexity index is 683. The van der Waals surface area contributed by atoms with Crippen molar-refractivity contribution < 1.29 is 18.4 Å². The number of amides is 2. The standard InChI is InChI=1S/C19H26F2N4O2/c20-18(21)25-4-3-22-15(25)1-2-23-16(26)11-24-17(27)19-8-12-5-13(9-19)7-14(6-12)10-19/h3-4,12-14,18H,1-2,5-11H2,(H,23,26)(H,24,27). The Labute approximate surface area is 157 Å². The van der Waals surface area contributed by atoms with Crippen LogP contribution in [0.15, 0.2) is 12.4 Å². The molecule has 4 fully saturated rings. The Hall–Kier alpha value is -1.99. The maximum atomic E-state index is 12.8. The molecule has 2 N–H and O–H groups in total. The molecular formula is C19H26F2N4O2. The summed E-state index contributed by atoms with van der Waals surface area (Å²) < 4.78 is 26.3. The number of halogens is 2. The number of hydrogen-bond donors (Lipinski definition) is 2. The number of aromatic nitrogens is 2. The summed E-state index contributed by atoms with van der Waals surface area (Å²) in [5.74, 6) is 1.97. The number of carbonyl (C=O) groups excluding carboxylic acids is 2. The third kappa shape index (κ3) is 3.71. The summed E-state index contributed by atoms with van der Waals surface area (Å²) in [5.41, 5.74) is -0.267. The van der Waals surface area contributed by atoms with Crippen molar-refractivity contribution in [2.75, 3.05) is 13.1 Å². The Balaban J connectivity index is 1.22. The molecule has 4 saturated carbocycles. The molecule has 1 aromatic heterocycles. The van der Waals surface area contributed by atoms with Crippen molar-refractivity contribution >= 4 is 11.8 Å². The van der Waals surface area contributed by atoms with Gasteiger partial charge < -0.3 is 10.6 Å². The first kappa shape index (κ1) is 18.4. The van der Waals surface area contributed by atoms with E-state index in [4.69, 9.17) is 0 Å². The van der Waals surface area contributed by atoms with Gasteiger partial charge in [-0.3, -0.25) is 14.2 Å². The molecule has 4 aliphatic carbocycles. The third-order valence-electron chi connectivity index (χ3n) is 6.56. The summed E-state index contributed by atoms with van der Waals surface area (Å²) in [4.78, 5) is 28.7. The fraction of sp³-hybridized carbons (Fsp3) is 0.737. The van der Waals surface area contributed by atoms with Crippen molar-refractivity contribution in [2.45, 2.75) is 51.5 Å². The maximum absolute atomic E-state index is 12.8. The number of carbonyl (C=O) groups is 2. The van der Waals surface area contributed by atoms with Crippen LogP contribution < -0.4 is 10.6 Å². The van der Waals surface area contributed by atoms with Crippen LogP contribution in [-0.4, -0.2) is 34.5 Å². The number of nitrogens with zero attached hydrogens (tertiary/aromatic N) is 2. The van der Waals surface area contributed by atoms with Crippen LogP contribution in [0.3, 0.4) is 0 Å². The second-order valence-corrected chi connectivity index (χ2v) is 8.51. The van der Waals surface area contributed by atoms with E-state index in [1.54, 1.807) is 0 Å². The van der Waals surface area contributed by atoms with Crippen molar-refractivity contribution in [3.05, 3.63) is 18.2 Å². The monoisotopic (exact) mass is 380 g/mol. The zero-order valence-electron chi connectivity index (χ0n) is 15.3. The minimum atomic E-state index is -2.64. The van der Waals surface area contributed by atoms with Crippen LogP contribution in [0.1, 0.15) is 50.9 Å². The lowest BCUT2D eigenvalue weighted by Gasteiger charge is -2.55. The van der Waals surface area contributed by atoms with Crippen LogP contribution in [0.5, 0.6) is 0 Å². The topological polar surface area (TPSA) is 76.0 Å². The number of alkyl halides is 2. The number of imidazole rings is 1. The van der Waals surface area contributed by atoms with Gasteiger partial charge in [0.1, 0.15) is 5.82 Å². The van der Waals surface area contributed by atoms with E-state index < -0.39 is 6.55 Å². The summed E-state index contributed by atoms with van der Waals surface area (Å²) >= 11 is 0. The van der Waals surface area contributed by atoms with Gasteiger partial charge in [0, 0.05) is 30.8 Å². The van der Waals surface area contributed by atoms with E-state index in [1.165, 1.54) is 31.7 Å². The predicted octanol–water partition coefficient (Wildman–Crippen LogP) is 2.27. The molecule has 2 amide bonds. The summed E-state index contributed by atoms with van der Waals surface area (Å²) in [7, 11) is 0. The van der Waals surface area contributed by atoms with Crippen LogP contribution in [0.25, 0.3) is 0 Å². The Morgan fingerprint density at radius 2 is 1.78 bits per heavy atom. The fourth-order valence-electron chi connectivity index (χ4n) is 5.83. The zero-order valence-corrected chi connectivity index (χ0v) is 15.3. The van der Waals surface area contributed by atoms with E-state index in [9.17, 15) is 18.4 Å². The second-order valence-electron chi connectivity index (χ2n) is 8.51. The lowest BCUT2D eigenvalue weighted by atomic mass is 9.49. The van der Waals surface area contributed by atoms with Crippen molar-refractivity contribution in [2.24, 2.45) is 23.2 Å². The average Bonchev–Trinajstić information content (AvgIpc) is 3.07. The van der Waals surface area contributed by atoms with Gasteiger partial charge in [0.15, 0.2) is 0 Å². The molecule has 0 aromatic carbocycles. The largest absolute Gasteiger partial charge is 0.354 e. The second kappa shape index (κ2) is 7.20. The fourth-order valence-corrected chi connectivity index (χ4v) is 5.83. The predicted molar refractivity (Wildman–Crippen MR) is 93.8 cm³/mol. The van der Waals surface area contributed by atoms with Gasteiger partial charge >= 0.3 is 6.55 Å². The van der Waals surface area contributed by atoms with Crippen LogP contribution >= 0.6 is 0 Å². The lowest BCUT2D eigenvalue weighted by Crippen LogP contribution is -2.54.